The second kappa shape index (κ2) is 7.07. The number of nitrogen functional groups attached to an aromatic ring is 1. The maximum atomic E-state index is 13.8. The number of rotatable bonds is 4. The number of anilines is 1. The number of aromatic nitrogens is 2. The highest BCUT2D eigenvalue weighted by Gasteiger charge is 2.66. The minimum absolute atomic E-state index is 0.428. The topological polar surface area (TPSA) is 118 Å². The van der Waals surface area contributed by atoms with E-state index >= 15 is 0 Å². The van der Waals surface area contributed by atoms with Crippen molar-refractivity contribution < 1.29 is 36.6 Å². The number of nitrogens with two attached hydrogens (primary N) is 1. The van der Waals surface area contributed by atoms with E-state index in [-0.39, 0.29) is 0 Å². The fourth-order valence-corrected chi connectivity index (χ4v) is 5.41. The zero-order valence-corrected chi connectivity index (χ0v) is 15.8. The summed E-state index contributed by atoms with van der Waals surface area (Å²) in [7, 11) is 0. The van der Waals surface area contributed by atoms with E-state index in [1.54, 1.807) is 13.8 Å². The number of hydrogen-bond acceptors (Lipinski definition) is 9. The number of aliphatic hydroxyl groups excluding tert-OH is 1. The Hall–Kier alpha value is -1.08. The average Bonchev–Trinajstić information content (AvgIpc) is 2.84. The second-order valence-corrected chi connectivity index (χ2v) is 9.24. The molecule has 0 saturated carbocycles. The Morgan fingerprint density at radius 3 is 2.81 bits per heavy atom. The molecule has 3 N–H and O–H groups in total. The lowest BCUT2D eigenvalue weighted by atomic mass is 9.96. The molecule has 1 unspecified atom stereocenters. The van der Waals surface area contributed by atoms with Gasteiger partial charge in [0.25, 0.3) is 6.43 Å². The first-order valence-corrected chi connectivity index (χ1v) is 10.3. The number of nitrogens with zero attached hydrogens (tertiary/aromatic N) is 2. The van der Waals surface area contributed by atoms with Crippen molar-refractivity contribution in [2.45, 2.75) is 50.4 Å². The molecule has 152 valence electrons. The molecule has 3 heterocycles. The van der Waals surface area contributed by atoms with Gasteiger partial charge in [0.05, 0.1) is 18.9 Å². The largest absolute Gasteiger partial charge is 0.386 e. The predicted octanol–water partition coefficient (Wildman–Crippen LogP) is 0.923. The predicted molar refractivity (Wildman–Crippen MR) is 89.1 cm³/mol. The van der Waals surface area contributed by atoms with Gasteiger partial charge in [0.2, 0.25) is 0 Å². The molecule has 14 heteroatoms. The summed E-state index contributed by atoms with van der Waals surface area (Å²) >= 11 is 5.14. The van der Waals surface area contributed by atoms with Crippen LogP contribution < -0.4 is 11.4 Å². The minimum Gasteiger partial charge on any atom is -0.386 e. The zero-order valence-electron chi connectivity index (χ0n) is 14.1. The zero-order chi connectivity index (χ0) is 20.1. The Morgan fingerprint density at radius 2 is 2.22 bits per heavy atom. The first-order valence-electron chi connectivity index (χ1n) is 7.78. The third kappa shape index (κ3) is 3.53. The summed E-state index contributed by atoms with van der Waals surface area (Å²) in [5.74, 6) is -1.76. The van der Waals surface area contributed by atoms with Crippen molar-refractivity contribution in [3.8, 4) is 0 Å². The summed E-state index contributed by atoms with van der Waals surface area (Å²) in [5.41, 5.74) is 1.68. The number of halogens is 3. The van der Waals surface area contributed by atoms with Crippen LogP contribution in [0, 0.1) is 5.82 Å². The highest BCUT2D eigenvalue weighted by atomic mass is 32.5. The lowest BCUT2D eigenvalue weighted by molar-refractivity contribution is -0.204. The number of aliphatic hydroxyl groups is 1. The van der Waals surface area contributed by atoms with Crippen molar-refractivity contribution in [3.63, 3.8) is 0 Å². The minimum atomic E-state index is -3.44. The monoisotopic (exact) mass is 431 g/mol. The summed E-state index contributed by atoms with van der Waals surface area (Å²) in [6.07, 6.45) is -8.19. The molecular formula is C13H17F3N3O6PS. The van der Waals surface area contributed by atoms with Gasteiger partial charge in [0, 0.05) is 0 Å². The average molecular weight is 431 g/mol. The third-order valence-electron chi connectivity index (χ3n) is 4.03. The van der Waals surface area contributed by atoms with Crippen LogP contribution in [-0.4, -0.2) is 51.6 Å². The van der Waals surface area contributed by atoms with Crippen LogP contribution in [0.3, 0.4) is 0 Å². The summed E-state index contributed by atoms with van der Waals surface area (Å²) in [6.45, 7) is -0.904. The van der Waals surface area contributed by atoms with Crippen LogP contribution in [0.2, 0.25) is 0 Å². The number of fused-ring (bicyclic) bond motifs is 1. The molecule has 0 aliphatic carbocycles. The van der Waals surface area contributed by atoms with Crippen LogP contribution in [0.1, 0.15) is 20.1 Å². The fraction of sp³-hybridized carbons (Fsp3) is 0.692. The Balaban J connectivity index is 2.00. The molecule has 2 aliphatic heterocycles. The SMILES string of the molecule is CC(C)OP1(=S)OC[C@@]2(C(F)F)O[C@@H](n3cc(F)c(N)nc3=O)[C@H](O)[C@H]2O1. The Labute approximate surface area is 156 Å². The molecular weight excluding hydrogens is 414 g/mol. The van der Waals surface area contributed by atoms with Gasteiger partial charge in [0.1, 0.15) is 12.2 Å². The van der Waals surface area contributed by atoms with Crippen LogP contribution in [-0.2, 0) is 30.1 Å². The lowest BCUT2D eigenvalue weighted by Gasteiger charge is -2.41. The maximum absolute atomic E-state index is 13.8. The molecule has 1 aromatic rings. The van der Waals surface area contributed by atoms with Crippen LogP contribution in [0.25, 0.3) is 0 Å². The van der Waals surface area contributed by atoms with Crippen molar-refractivity contribution in [2.75, 3.05) is 12.3 Å². The molecule has 0 amide bonds. The molecule has 27 heavy (non-hydrogen) atoms. The second-order valence-electron chi connectivity index (χ2n) is 6.32. The van der Waals surface area contributed by atoms with Crippen molar-refractivity contribution in [1.82, 2.24) is 9.55 Å². The Kier molecular flexibility index (Phi) is 5.40. The van der Waals surface area contributed by atoms with E-state index in [1.807, 2.05) is 0 Å². The Bertz CT molecular complexity index is 842. The highest BCUT2D eigenvalue weighted by Crippen LogP contribution is 2.61. The highest BCUT2D eigenvalue weighted by molar-refractivity contribution is 8.07. The summed E-state index contributed by atoms with van der Waals surface area (Å²) in [6, 6.07) is 0. The van der Waals surface area contributed by atoms with Gasteiger partial charge in [-0.05, 0) is 25.7 Å². The summed E-state index contributed by atoms with van der Waals surface area (Å²) in [5, 5.41) is 10.5. The normalized spacial score (nSPS) is 36.4. The van der Waals surface area contributed by atoms with Gasteiger partial charge in [0.15, 0.2) is 23.5 Å². The van der Waals surface area contributed by atoms with Crippen LogP contribution in [0.15, 0.2) is 11.0 Å². The first-order chi connectivity index (χ1) is 12.5. The van der Waals surface area contributed by atoms with Crippen molar-refractivity contribution >= 4 is 24.3 Å². The van der Waals surface area contributed by atoms with E-state index in [0.717, 1.165) is 0 Å². The summed E-state index contributed by atoms with van der Waals surface area (Å²) < 4.78 is 63.2. The van der Waals surface area contributed by atoms with E-state index in [9.17, 15) is 23.1 Å². The maximum Gasteiger partial charge on any atom is 0.351 e. The third-order valence-corrected chi connectivity index (χ3v) is 6.48. The molecule has 0 aromatic carbocycles. The molecule has 2 fully saturated rings. The van der Waals surface area contributed by atoms with Crippen molar-refractivity contribution in [1.29, 1.82) is 0 Å². The van der Waals surface area contributed by atoms with Gasteiger partial charge in [-0.1, -0.05) is 0 Å². The lowest BCUT2D eigenvalue weighted by Crippen LogP contribution is -2.56. The quantitative estimate of drug-likeness (QED) is 0.671. The number of alkyl halides is 2. The molecule has 0 spiro atoms. The molecule has 3 rings (SSSR count). The molecule has 1 aromatic heterocycles. The number of ether oxygens (including phenoxy) is 1. The van der Waals surface area contributed by atoms with Crippen LogP contribution >= 0.6 is 6.72 Å². The number of hydrogen-bond donors (Lipinski definition) is 2. The molecule has 0 bridgehead atoms. The van der Waals surface area contributed by atoms with Gasteiger partial charge in [-0.3, -0.25) is 9.09 Å². The van der Waals surface area contributed by atoms with E-state index in [0.29, 0.717) is 10.8 Å². The van der Waals surface area contributed by atoms with Gasteiger partial charge in [-0.25, -0.2) is 18.0 Å². The molecule has 9 nitrogen and oxygen atoms in total. The molecule has 2 saturated heterocycles. The smallest absolute Gasteiger partial charge is 0.351 e. The van der Waals surface area contributed by atoms with Crippen molar-refractivity contribution in [3.05, 3.63) is 22.5 Å². The van der Waals surface area contributed by atoms with Gasteiger partial charge < -0.3 is 24.6 Å². The van der Waals surface area contributed by atoms with Crippen LogP contribution in [0.4, 0.5) is 19.0 Å². The molecule has 0 radical (unpaired) electrons. The summed E-state index contributed by atoms with van der Waals surface area (Å²) in [4.78, 5) is 15.2. The van der Waals surface area contributed by atoms with E-state index < -0.39 is 67.2 Å². The van der Waals surface area contributed by atoms with Gasteiger partial charge in [-0.15, -0.1) is 0 Å². The van der Waals surface area contributed by atoms with E-state index in [4.69, 9.17) is 35.8 Å². The molecule has 2 aliphatic rings. The van der Waals surface area contributed by atoms with Crippen molar-refractivity contribution in [2.24, 2.45) is 0 Å². The molecule has 5 atom stereocenters. The standard InChI is InChI=1S/C13H17F3N3O6PS/c1-5(2)24-26(27)22-4-13(11(15)16)8(25-26)7(20)10(23-13)19-3-6(14)9(17)18-12(19)21/h3,5,7-8,10-11,20H,4H2,1-2H3,(H2,17,18,21)/t7-,8-,10-,13-,26?/m1/s1. The van der Waals surface area contributed by atoms with Crippen LogP contribution in [0.5, 0.6) is 0 Å². The van der Waals surface area contributed by atoms with E-state index in [2.05, 4.69) is 4.98 Å². The van der Waals surface area contributed by atoms with Gasteiger partial charge >= 0.3 is 12.4 Å². The van der Waals surface area contributed by atoms with Gasteiger partial charge in [-0.2, -0.15) is 4.98 Å². The fourth-order valence-electron chi connectivity index (χ4n) is 2.83. The first kappa shape index (κ1) is 20.6. The van der Waals surface area contributed by atoms with E-state index in [1.165, 1.54) is 0 Å². The Morgan fingerprint density at radius 1 is 1.56 bits per heavy atom.